The third-order valence-corrected chi connectivity index (χ3v) is 3.66. The van der Waals surface area contributed by atoms with Crippen LogP contribution in [0.15, 0.2) is 0 Å². The molecule has 0 saturated carbocycles. The van der Waals surface area contributed by atoms with Crippen LogP contribution in [0.25, 0.3) is 0 Å². The van der Waals surface area contributed by atoms with E-state index in [1.807, 2.05) is 0 Å². The number of carbonyl (C=O) groups excluding carboxylic acids is 1. The standard InChI is InChI=1S/C13H25N3O/c1-13(2,3)14-6-7-15-8-9-16-11(10-15)4-5-12(16)17/h11,14H,4-10H2,1-3H3. The fourth-order valence-electron chi connectivity index (χ4n) is 2.72. The maximum Gasteiger partial charge on any atom is 0.222 e. The van der Waals surface area contributed by atoms with Crippen molar-refractivity contribution < 1.29 is 4.79 Å². The van der Waals surface area contributed by atoms with Gasteiger partial charge in [0, 0.05) is 50.7 Å². The summed E-state index contributed by atoms with van der Waals surface area (Å²) in [6.45, 7) is 11.7. The molecule has 0 bridgehead atoms. The van der Waals surface area contributed by atoms with E-state index in [1.54, 1.807) is 0 Å². The Bertz CT molecular complexity index is 285. The fraction of sp³-hybridized carbons (Fsp3) is 0.923. The van der Waals surface area contributed by atoms with Gasteiger partial charge in [-0.1, -0.05) is 0 Å². The lowest BCUT2D eigenvalue weighted by Crippen LogP contribution is -2.53. The molecular weight excluding hydrogens is 214 g/mol. The Morgan fingerprint density at radius 3 is 2.82 bits per heavy atom. The first-order chi connectivity index (χ1) is 7.96. The molecule has 1 unspecified atom stereocenters. The number of nitrogens with one attached hydrogen (secondary N) is 1. The number of fused-ring (bicyclic) bond motifs is 1. The van der Waals surface area contributed by atoms with Gasteiger partial charge in [0.05, 0.1) is 0 Å². The predicted octanol–water partition coefficient (Wildman–Crippen LogP) is 0.681. The molecule has 0 aromatic carbocycles. The molecule has 4 nitrogen and oxygen atoms in total. The van der Waals surface area contributed by atoms with E-state index in [9.17, 15) is 4.79 Å². The maximum absolute atomic E-state index is 11.6. The molecule has 2 fully saturated rings. The van der Waals surface area contributed by atoms with E-state index in [1.165, 1.54) is 0 Å². The van der Waals surface area contributed by atoms with Gasteiger partial charge >= 0.3 is 0 Å². The molecule has 2 aliphatic rings. The molecule has 0 radical (unpaired) electrons. The average Bonchev–Trinajstić information content (AvgIpc) is 2.58. The summed E-state index contributed by atoms with van der Waals surface area (Å²) in [4.78, 5) is 16.1. The SMILES string of the molecule is CC(C)(C)NCCN1CCN2C(=O)CCC2C1. The fourth-order valence-corrected chi connectivity index (χ4v) is 2.72. The van der Waals surface area contributed by atoms with Crippen molar-refractivity contribution in [1.82, 2.24) is 15.1 Å². The monoisotopic (exact) mass is 239 g/mol. The van der Waals surface area contributed by atoms with Crippen molar-refractivity contribution in [2.45, 2.75) is 45.2 Å². The Balaban J connectivity index is 1.72. The van der Waals surface area contributed by atoms with E-state index in [0.717, 1.165) is 45.6 Å². The summed E-state index contributed by atoms with van der Waals surface area (Å²) in [7, 11) is 0. The molecular formula is C13H25N3O. The lowest BCUT2D eigenvalue weighted by Gasteiger charge is -2.38. The Hall–Kier alpha value is -0.610. The van der Waals surface area contributed by atoms with Gasteiger partial charge in [0.25, 0.3) is 0 Å². The molecule has 0 aromatic heterocycles. The Kier molecular flexibility index (Phi) is 3.73. The van der Waals surface area contributed by atoms with Gasteiger partial charge in [-0.15, -0.1) is 0 Å². The summed E-state index contributed by atoms with van der Waals surface area (Å²) in [5.41, 5.74) is 0.200. The second-order valence-corrected chi connectivity index (χ2v) is 6.26. The zero-order chi connectivity index (χ0) is 12.5. The Morgan fingerprint density at radius 2 is 2.12 bits per heavy atom. The maximum atomic E-state index is 11.6. The number of piperazine rings is 1. The van der Waals surface area contributed by atoms with Crippen LogP contribution in [0.5, 0.6) is 0 Å². The van der Waals surface area contributed by atoms with E-state index in [4.69, 9.17) is 0 Å². The summed E-state index contributed by atoms with van der Waals surface area (Å²) in [5, 5.41) is 3.52. The summed E-state index contributed by atoms with van der Waals surface area (Å²) in [6, 6.07) is 0.492. The van der Waals surface area contributed by atoms with Crippen molar-refractivity contribution in [2.24, 2.45) is 0 Å². The molecule has 98 valence electrons. The van der Waals surface area contributed by atoms with Crippen LogP contribution in [0, 0.1) is 0 Å². The number of nitrogens with zero attached hydrogens (tertiary/aromatic N) is 2. The van der Waals surface area contributed by atoms with Crippen LogP contribution < -0.4 is 5.32 Å². The molecule has 0 spiro atoms. The van der Waals surface area contributed by atoms with Crippen LogP contribution in [-0.2, 0) is 4.79 Å². The van der Waals surface area contributed by atoms with Gasteiger partial charge in [-0.25, -0.2) is 0 Å². The summed E-state index contributed by atoms with van der Waals surface area (Å²) >= 11 is 0. The molecule has 2 aliphatic heterocycles. The second-order valence-electron chi connectivity index (χ2n) is 6.26. The van der Waals surface area contributed by atoms with E-state index < -0.39 is 0 Å². The largest absolute Gasteiger partial charge is 0.337 e. The topological polar surface area (TPSA) is 35.6 Å². The van der Waals surface area contributed by atoms with Crippen LogP contribution in [0.1, 0.15) is 33.6 Å². The molecule has 4 heteroatoms. The molecule has 17 heavy (non-hydrogen) atoms. The number of hydrogen-bond acceptors (Lipinski definition) is 3. The summed E-state index contributed by atoms with van der Waals surface area (Å²) in [6.07, 6.45) is 1.82. The molecule has 1 N–H and O–H groups in total. The first-order valence-electron chi connectivity index (χ1n) is 6.72. The van der Waals surface area contributed by atoms with E-state index >= 15 is 0 Å². The lowest BCUT2D eigenvalue weighted by atomic mass is 10.1. The Labute approximate surface area is 104 Å². The minimum atomic E-state index is 0.200. The first-order valence-corrected chi connectivity index (χ1v) is 6.72. The summed E-state index contributed by atoms with van der Waals surface area (Å²) in [5.74, 6) is 0.363. The molecule has 2 heterocycles. The van der Waals surface area contributed by atoms with E-state index in [0.29, 0.717) is 11.9 Å². The first kappa shape index (κ1) is 12.8. The van der Waals surface area contributed by atoms with Crippen LogP contribution in [0.3, 0.4) is 0 Å². The molecule has 2 rings (SSSR count). The van der Waals surface area contributed by atoms with Gasteiger partial charge < -0.3 is 10.2 Å². The van der Waals surface area contributed by atoms with Crippen LogP contribution >= 0.6 is 0 Å². The minimum absolute atomic E-state index is 0.200. The molecule has 2 saturated heterocycles. The number of carbonyl (C=O) groups is 1. The van der Waals surface area contributed by atoms with Gasteiger partial charge in [-0.2, -0.15) is 0 Å². The van der Waals surface area contributed by atoms with Crippen molar-refractivity contribution in [3.8, 4) is 0 Å². The number of rotatable bonds is 3. The van der Waals surface area contributed by atoms with Gasteiger partial charge in [-0.05, 0) is 27.2 Å². The third kappa shape index (κ3) is 3.42. The summed E-state index contributed by atoms with van der Waals surface area (Å²) < 4.78 is 0. The quantitative estimate of drug-likeness (QED) is 0.787. The highest BCUT2D eigenvalue weighted by Gasteiger charge is 2.35. The van der Waals surface area contributed by atoms with Gasteiger partial charge in [0.2, 0.25) is 5.91 Å². The molecule has 1 amide bonds. The van der Waals surface area contributed by atoms with Crippen LogP contribution in [0.4, 0.5) is 0 Å². The van der Waals surface area contributed by atoms with Gasteiger partial charge in [0.1, 0.15) is 0 Å². The lowest BCUT2D eigenvalue weighted by molar-refractivity contribution is -0.130. The number of amides is 1. The zero-order valence-electron chi connectivity index (χ0n) is 11.3. The highest BCUT2D eigenvalue weighted by atomic mass is 16.2. The van der Waals surface area contributed by atoms with Crippen molar-refractivity contribution in [1.29, 1.82) is 0 Å². The highest BCUT2D eigenvalue weighted by Crippen LogP contribution is 2.22. The van der Waals surface area contributed by atoms with Crippen LogP contribution in [0.2, 0.25) is 0 Å². The van der Waals surface area contributed by atoms with Gasteiger partial charge in [0.15, 0.2) is 0 Å². The molecule has 0 aliphatic carbocycles. The van der Waals surface area contributed by atoms with Crippen molar-refractivity contribution in [3.63, 3.8) is 0 Å². The molecule has 1 atom stereocenters. The van der Waals surface area contributed by atoms with Crippen molar-refractivity contribution in [2.75, 3.05) is 32.7 Å². The average molecular weight is 239 g/mol. The normalized spacial score (nSPS) is 26.4. The second kappa shape index (κ2) is 4.94. The smallest absolute Gasteiger partial charge is 0.222 e. The minimum Gasteiger partial charge on any atom is -0.337 e. The van der Waals surface area contributed by atoms with Gasteiger partial charge in [-0.3, -0.25) is 9.69 Å². The molecule has 0 aromatic rings. The van der Waals surface area contributed by atoms with E-state index in [-0.39, 0.29) is 5.54 Å². The van der Waals surface area contributed by atoms with Crippen LogP contribution in [-0.4, -0.2) is 60.0 Å². The van der Waals surface area contributed by atoms with E-state index in [2.05, 4.69) is 35.9 Å². The van der Waals surface area contributed by atoms with Crippen molar-refractivity contribution >= 4 is 5.91 Å². The highest BCUT2D eigenvalue weighted by molar-refractivity contribution is 5.78. The predicted molar refractivity (Wildman–Crippen MR) is 68.9 cm³/mol. The number of hydrogen-bond donors (Lipinski definition) is 1. The third-order valence-electron chi connectivity index (χ3n) is 3.66. The van der Waals surface area contributed by atoms with Crippen molar-refractivity contribution in [3.05, 3.63) is 0 Å². The Morgan fingerprint density at radius 1 is 1.35 bits per heavy atom. The zero-order valence-corrected chi connectivity index (χ0v) is 11.3.